The Labute approximate surface area is 118 Å². The molecular weight excluding hydrogens is 259 g/mol. The smallest absolute Gasteiger partial charge is 0.135 e. The van der Waals surface area contributed by atoms with Gasteiger partial charge in [0.25, 0.3) is 0 Å². The Balaban J connectivity index is 1.89. The Hall–Kier alpha value is -1.16. The van der Waals surface area contributed by atoms with Crippen molar-refractivity contribution < 1.29 is 4.39 Å². The van der Waals surface area contributed by atoms with Crippen LogP contribution in [0.15, 0.2) is 18.2 Å². The summed E-state index contributed by atoms with van der Waals surface area (Å²) in [6.45, 7) is 1.03. The summed E-state index contributed by atoms with van der Waals surface area (Å²) in [4.78, 5) is 2.51. The summed E-state index contributed by atoms with van der Waals surface area (Å²) >= 11 is 4.85. The molecule has 4 heteroatoms. The molecule has 2 unspecified atom stereocenters. The van der Waals surface area contributed by atoms with Gasteiger partial charge in [-0.05, 0) is 49.8 Å². The predicted octanol–water partition coefficient (Wildman–Crippen LogP) is 3.23. The van der Waals surface area contributed by atoms with Gasteiger partial charge in [0.2, 0.25) is 0 Å². The summed E-state index contributed by atoms with van der Waals surface area (Å²) in [5, 5.41) is 0. The number of benzene rings is 1. The molecule has 2 N–H and O–H groups in total. The van der Waals surface area contributed by atoms with Crippen molar-refractivity contribution in [1.29, 1.82) is 0 Å². The second-order valence-corrected chi connectivity index (χ2v) is 6.06. The first-order chi connectivity index (χ1) is 9.16. The zero-order valence-electron chi connectivity index (χ0n) is 10.9. The van der Waals surface area contributed by atoms with Gasteiger partial charge in [0.15, 0.2) is 0 Å². The number of fused-ring (bicyclic) bond motifs is 1. The number of hydrogen-bond donors (Lipinski definition) is 1. The van der Waals surface area contributed by atoms with E-state index < -0.39 is 0 Å². The maximum absolute atomic E-state index is 14.0. The first-order valence-corrected chi connectivity index (χ1v) is 7.43. The minimum atomic E-state index is -0.301. The van der Waals surface area contributed by atoms with E-state index in [9.17, 15) is 4.39 Å². The largest absolute Gasteiger partial charge is 0.389 e. The number of nitrogens with two attached hydrogens (primary N) is 1. The first-order valence-electron chi connectivity index (χ1n) is 7.03. The molecule has 0 amide bonds. The van der Waals surface area contributed by atoms with Crippen LogP contribution in [0, 0.1) is 11.7 Å². The lowest BCUT2D eigenvalue weighted by Gasteiger charge is -2.39. The summed E-state index contributed by atoms with van der Waals surface area (Å²) in [6.07, 6.45) is 6.41. The quantitative estimate of drug-likeness (QED) is 0.842. The number of nitrogens with zero attached hydrogens (tertiary/aromatic N) is 1. The molecule has 1 aromatic rings. The zero-order chi connectivity index (χ0) is 13.4. The highest BCUT2D eigenvalue weighted by Crippen LogP contribution is 2.39. The lowest BCUT2D eigenvalue weighted by molar-refractivity contribution is 0.362. The van der Waals surface area contributed by atoms with Crippen LogP contribution in [-0.2, 0) is 0 Å². The maximum Gasteiger partial charge on any atom is 0.135 e. The summed E-state index contributed by atoms with van der Waals surface area (Å²) in [6, 6.07) is 5.86. The van der Waals surface area contributed by atoms with Gasteiger partial charge in [-0.3, -0.25) is 0 Å². The van der Waals surface area contributed by atoms with E-state index in [2.05, 4.69) is 4.90 Å². The van der Waals surface area contributed by atoms with Crippen LogP contribution >= 0.6 is 12.2 Å². The summed E-state index contributed by atoms with van der Waals surface area (Å²) in [5.74, 6) is 0.497. The van der Waals surface area contributed by atoms with Crippen molar-refractivity contribution in [3.05, 3.63) is 29.6 Å². The van der Waals surface area contributed by atoms with E-state index in [1.807, 2.05) is 6.07 Å². The van der Waals surface area contributed by atoms with Crippen LogP contribution in [0.3, 0.4) is 0 Å². The Bertz CT molecular complexity index is 503. The molecule has 0 spiro atoms. The van der Waals surface area contributed by atoms with Crippen LogP contribution in [0.4, 0.5) is 10.1 Å². The number of piperidine rings is 1. The number of anilines is 1. The Kier molecular flexibility index (Phi) is 3.44. The molecule has 0 aromatic heterocycles. The van der Waals surface area contributed by atoms with Crippen LogP contribution in [0.2, 0.25) is 0 Å². The first kappa shape index (κ1) is 12.9. The topological polar surface area (TPSA) is 29.3 Å². The number of rotatable bonds is 2. The van der Waals surface area contributed by atoms with Crippen molar-refractivity contribution in [2.75, 3.05) is 11.4 Å². The van der Waals surface area contributed by atoms with E-state index in [4.69, 9.17) is 18.0 Å². The van der Waals surface area contributed by atoms with Crippen molar-refractivity contribution in [2.45, 2.75) is 38.1 Å². The minimum absolute atomic E-state index is 0.126. The van der Waals surface area contributed by atoms with Crippen molar-refractivity contribution in [3.8, 4) is 0 Å². The monoisotopic (exact) mass is 278 g/mol. The van der Waals surface area contributed by atoms with Gasteiger partial charge in [-0.1, -0.05) is 18.6 Å². The van der Waals surface area contributed by atoms with Crippen molar-refractivity contribution in [1.82, 2.24) is 0 Å². The van der Waals surface area contributed by atoms with Gasteiger partial charge in [-0.25, -0.2) is 4.39 Å². The molecular formula is C15H19FN2S. The van der Waals surface area contributed by atoms with Gasteiger partial charge in [0, 0.05) is 23.8 Å². The molecule has 1 saturated carbocycles. The SMILES string of the molecule is NC(=S)c1ccc(N2CCCC3CCCC32)cc1F. The molecule has 102 valence electrons. The Morgan fingerprint density at radius 2 is 2.05 bits per heavy atom. The average molecular weight is 278 g/mol. The van der Waals surface area contributed by atoms with Gasteiger partial charge in [-0.15, -0.1) is 0 Å². The van der Waals surface area contributed by atoms with Gasteiger partial charge in [-0.2, -0.15) is 0 Å². The molecule has 0 radical (unpaired) electrons. The van der Waals surface area contributed by atoms with Crippen LogP contribution < -0.4 is 10.6 Å². The predicted molar refractivity (Wildman–Crippen MR) is 80.0 cm³/mol. The fraction of sp³-hybridized carbons (Fsp3) is 0.533. The average Bonchev–Trinajstić information content (AvgIpc) is 2.86. The van der Waals surface area contributed by atoms with Gasteiger partial charge >= 0.3 is 0 Å². The Morgan fingerprint density at radius 3 is 2.79 bits per heavy atom. The summed E-state index contributed by atoms with van der Waals surface area (Å²) in [7, 11) is 0. The molecule has 0 bridgehead atoms. The molecule has 2 fully saturated rings. The third-order valence-corrected chi connectivity index (χ3v) is 4.76. The lowest BCUT2D eigenvalue weighted by atomic mass is 9.91. The summed E-state index contributed by atoms with van der Waals surface area (Å²) in [5.41, 5.74) is 6.83. The highest BCUT2D eigenvalue weighted by molar-refractivity contribution is 7.80. The second kappa shape index (κ2) is 5.08. The van der Waals surface area contributed by atoms with Crippen molar-refractivity contribution in [3.63, 3.8) is 0 Å². The molecule has 1 aliphatic heterocycles. The fourth-order valence-corrected chi connectivity index (χ4v) is 3.82. The zero-order valence-corrected chi connectivity index (χ0v) is 11.8. The molecule has 2 nitrogen and oxygen atoms in total. The van der Waals surface area contributed by atoms with Crippen molar-refractivity contribution >= 4 is 22.9 Å². The third-order valence-electron chi connectivity index (χ3n) is 4.54. The lowest BCUT2D eigenvalue weighted by Crippen LogP contribution is -2.42. The van der Waals surface area contributed by atoms with E-state index >= 15 is 0 Å². The van der Waals surface area contributed by atoms with Crippen LogP contribution in [0.5, 0.6) is 0 Å². The molecule has 2 aliphatic rings. The molecule has 1 saturated heterocycles. The van der Waals surface area contributed by atoms with Crippen LogP contribution in [0.1, 0.15) is 37.7 Å². The molecule has 1 aliphatic carbocycles. The molecule has 1 heterocycles. The third kappa shape index (κ3) is 2.34. The van der Waals surface area contributed by atoms with E-state index in [1.54, 1.807) is 12.1 Å². The van der Waals surface area contributed by atoms with Gasteiger partial charge in [0.05, 0.1) is 0 Å². The van der Waals surface area contributed by atoms with Crippen LogP contribution in [-0.4, -0.2) is 17.6 Å². The van der Waals surface area contributed by atoms with Crippen LogP contribution in [0.25, 0.3) is 0 Å². The number of thiocarbonyl (C=S) groups is 1. The number of hydrogen-bond acceptors (Lipinski definition) is 2. The molecule has 2 atom stereocenters. The molecule has 19 heavy (non-hydrogen) atoms. The standard InChI is InChI=1S/C15H19FN2S/c16-13-9-11(6-7-12(13)15(17)19)18-8-2-4-10-3-1-5-14(10)18/h6-7,9-10,14H,1-5,8H2,(H2,17,19). The van der Waals surface area contributed by atoms with Gasteiger partial charge in [0.1, 0.15) is 10.8 Å². The molecule has 3 rings (SSSR count). The number of halogens is 1. The fourth-order valence-electron chi connectivity index (χ4n) is 3.66. The van der Waals surface area contributed by atoms with E-state index in [0.29, 0.717) is 11.6 Å². The summed E-state index contributed by atoms with van der Waals surface area (Å²) < 4.78 is 14.0. The highest BCUT2D eigenvalue weighted by atomic mass is 32.1. The van der Waals surface area contributed by atoms with E-state index in [0.717, 1.165) is 18.2 Å². The van der Waals surface area contributed by atoms with E-state index in [-0.39, 0.29) is 10.8 Å². The Morgan fingerprint density at radius 1 is 1.26 bits per heavy atom. The van der Waals surface area contributed by atoms with Crippen molar-refractivity contribution in [2.24, 2.45) is 11.7 Å². The minimum Gasteiger partial charge on any atom is -0.389 e. The highest BCUT2D eigenvalue weighted by Gasteiger charge is 2.35. The molecule has 1 aromatic carbocycles. The maximum atomic E-state index is 14.0. The van der Waals surface area contributed by atoms with E-state index in [1.165, 1.54) is 32.1 Å². The normalized spacial score (nSPS) is 26.3. The second-order valence-electron chi connectivity index (χ2n) is 5.62. The van der Waals surface area contributed by atoms with Gasteiger partial charge < -0.3 is 10.6 Å².